The van der Waals surface area contributed by atoms with Gasteiger partial charge in [0.15, 0.2) is 6.61 Å². The lowest BCUT2D eigenvalue weighted by molar-refractivity contribution is -0.123. The van der Waals surface area contributed by atoms with E-state index in [0.29, 0.717) is 18.2 Å². The molecule has 0 unspecified atom stereocenters. The highest BCUT2D eigenvalue weighted by molar-refractivity contribution is 5.77. The van der Waals surface area contributed by atoms with E-state index >= 15 is 0 Å². The zero-order valence-electron chi connectivity index (χ0n) is 13.3. The minimum Gasteiger partial charge on any atom is -0.465 e. The lowest BCUT2D eigenvalue weighted by Crippen LogP contribution is -2.30. The number of ether oxygens (including phenoxy) is 1. The molecule has 0 atom stereocenters. The summed E-state index contributed by atoms with van der Waals surface area (Å²) < 4.78 is 11.9. The van der Waals surface area contributed by atoms with Crippen molar-refractivity contribution in [2.75, 3.05) is 13.2 Å². The predicted octanol–water partition coefficient (Wildman–Crippen LogP) is 1.91. The second-order valence-corrected chi connectivity index (χ2v) is 5.28. The third-order valence-corrected chi connectivity index (χ3v) is 3.40. The number of hydrogen-bond donors (Lipinski definition) is 1. The molecule has 2 aromatic heterocycles. The third kappa shape index (κ3) is 4.22. The van der Waals surface area contributed by atoms with Gasteiger partial charge in [-0.15, -0.1) is 0 Å². The molecule has 0 aliphatic carbocycles. The van der Waals surface area contributed by atoms with E-state index in [4.69, 9.17) is 9.26 Å². The Bertz CT molecular complexity index is 779. The fourth-order valence-corrected chi connectivity index (χ4v) is 2.19. The smallest absolute Gasteiger partial charge is 0.258 e. The van der Waals surface area contributed by atoms with E-state index in [9.17, 15) is 4.79 Å². The summed E-state index contributed by atoms with van der Waals surface area (Å²) >= 11 is 0. The maximum Gasteiger partial charge on any atom is 0.258 e. The van der Waals surface area contributed by atoms with Gasteiger partial charge in [-0.1, -0.05) is 12.1 Å². The van der Waals surface area contributed by atoms with Crippen molar-refractivity contribution in [3.05, 3.63) is 60.1 Å². The van der Waals surface area contributed by atoms with Crippen LogP contribution in [-0.2, 0) is 11.2 Å². The van der Waals surface area contributed by atoms with Crippen LogP contribution >= 0.6 is 0 Å². The van der Waals surface area contributed by atoms with Crippen LogP contribution in [-0.4, -0.2) is 34.0 Å². The number of hydrogen-bond acceptors (Lipinski definition) is 5. The van der Waals surface area contributed by atoms with E-state index in [1.165, 1.54) is 0 Å². The number of aromatic nitrogens is 3. The van der Waals surface area contributed by atoms with E-state index in [0.717, 1.165) is 17.7 Å². The predicted molar refractivity (Wildman–Crippen MR) is 87.0 cm³/mol. The number of nitrogens with zero attached hydrogens (tertiary/aromatic N) is 3. The molecule has 0 aliphatic rings. The van der Waals surface area contributed by atoms with Crippen LogP contribution in [0.25, 0.3) is 5.69 Å². The van der Waals surface area contributed by atoms with Crippen molar-refractivity contribution in [2.24, 2.45) is 0 Å². The highest BCUT2D eigenvalue weighted by atomic mass is 16.5. The largest absolute Gasteiger partial charge is 0.465 e. The van der Waals surface area contributed by atoms with E-state index < -0.39 is 0 Å². The van der Waals surface area contributed by atoms with Gasteiger partial charge in [0, 0.05) is 25.0 Å². The first-order valence-corrected chi connectivity index (χ1v) is 7.62. The molecule has 0 fully saturated rings. The Hall–Kier alpha value is -3.09. The number of carbonyl (C=O) groups is 1. The number of benzene rings is 1. The molecule has 3 aromatic rings. The molecule has 2 heterocycles. The van der Waals surface area contributed by atoms with Crippen LogP contribution < -0.4 is 10.1 Å². The Morgan fingerprint density at radius 2 is 2.17 bits per heavy atom. The second kappa shape index (κ2) is 7.45. The average molecular weight is 326 g/mol. The molecular weight excluding hydrogens is 308 g/mol. The summed E-state index contributed by atoms with van der Waals surface area (Å²) in [4.78, 5) is 11.7. The minimum absolute atomic E-state index is 0.0792. The van der Waals surface area contributed by atoms with E-state index in [2.05, 4.69) is 15.6 Å². The lowest BCUT2D eigenvalue weighted by Gasteiger charge is -2.07. The van der Waals surface area contributed by atoms with Gasteiger partial charge in [-0.2, -0.15) is 5.10 Å². The quantitative estimate of drug-likeness (QED) is 0.717. The van der Waals surface area contributed by atoms with Gasteiger partial charge in [-0.25, -0.2) is 4.68 Å². The van der Waals surface area contributed by atoms with Crippen LogP contribution in [0.15, 0.2) is 53.3 Å². The number of nitrogens with one attached hydrogen (secondary N) is 1. The number of rotatable bonds is 7. The summed E-state index contributed by atoms with van der Waals surface area (Å²) in [6.07, 6.45) is 4.38. The molecule has 0 saturated heterocycles. The Morgan fingerprint density at radius 3 is 2.83 bits per heavy atom. The molecule has 24 heavy (non-hydrogen) atoms. The molecule has 1 N–H and O–H groups in total. The van der Waals surface area contributed by atoms with Gasteiger partial charge in [0.1, 0.15) is 5.76 Å². The second-order valence-electron chi connectivity index (χ2n) is 5.28. The van der Waals surface area contributed by atoms with Gasteiger partial charge in [0.2, 0.25) is 0 Å². The highest BCUT2D eigenvalue weighted by Crippen LogP contribution is 2.10. The van der Waals surface area contributed by atoms with Crippen LogP contribution in [0.1, 0.15) is 11.3 Å². The van der Waals surface area contributed by atoms with Gasteiger partial charge in [0.25, 0.3) is 11.8 Å². The van der Waals surface area contributed by atoms with Crippen molar-refractivity contribution in [1.82, 2.24) is 20.3 Å². The van der Waals surface area contributed by atoms with Crippen LogP contribution in [0.2, 0.25) is 0 Å². The fourth-order valence-electron chi connectivity index (χ4n) is 2.19. The van der Waals surface area contributed by atoms with Gasteiger partial charge in [0.05, 0.1) is 5.69 Å². The summed E-state index contributed by atoms with van der Waals surface area (Å²) in [5, 5.41) is 10.7. The van der Waals surface area contributed by atoms with E-state index in [1.807, 2.05) is 36.5 Å². The molecule has 0 bridgehead atoms. The molecule has 7 nitrogen and oxygen atoms in total. The van der Waals surface area contributed by atoms with Crippen molar-refractivity contribution in [2.45, 2.75) is 13.3 Å². The van der Waals surface area contributed by atoms with Crippen molar-refractivity contribution in [1.29, 1.82) is 0 Å². The SMILES string of the molecule is Cc1cc(OCC(=O)NCCc2ccc(-n3cccn3)cc2)no1. The zero-order valence-corrected chi connectivity index (χ0v) is 13.3. The van der Waals surface area contributed by atoms with Gasteiger partial charge >= 0.3 is 0 Å². The summed E-state index contributed by atoms with van der Waals surface area (Å²) in [5.74, 6) is 0.768. The molecule has 0 radical (unpaired) electrons. The monoisotopic (exact) mass is 326 g/mol. The number of carbonyl (C=O) groups excluding carboxylic acids is 1. The highest BCUT2D eigenvalue weighted by Gasteiger charge is 2.06. The first kappa shape index (κ1) is 15.8. The van der Waals surface area contributed by atoms with Gasteiger partial charge < -0.3 is 14.6 Å². The molecule has 7 heteroatoms. The van der Waals surface area contributed by atoms with Gasteiger partial charge in [-0.05, 0) is 42.3 Å². The fraction of sp³-hybridized carbons (Fsp3) is 0.235. The van der Waals surface area contributed by atoms with Crippen LogP contribution in [0.5, 0.6) is 5.88 Å². The standard InChI is InChI=1S/C17H18N4O3/c1-13-11-17(20-24-13)23-12-16(22)18-9-7-14-3-5-15(6-4-14)21-10-2-8-19-21/h2-6,8,10-11H,7,9,12H2,1H3,(H,18,22). The summed E-state index contributed by atoms with van der Waals surface area (Å²) in [5.41, 5.74) is 2.14. The lowest BCUT2D eigenvalue weighted by atomic mass is 10.1. The van der Waals surface area contributed by atoms with Crippen LogP contribution in [0, 0.1) is 6.92 Å². The number of aryl methyl sites for hydroxylation is 1. The summed E-state index contributed by atoms with van der Waals surface area (Å²) in [7, 11) is 0. The first-order chi connectivity index (χ1) is 11.7. The average Bonchev–Trinajstić information content (AvgIpc) is 3.25. The summed E-state index contributed by atoms with van der Waals surface area (Å²) in [6, 6.07) is 11.6. The third-order valence-electron chi connectivity index (χ3n) is 3.40. The zero-order chi connectivity index (χ0) is 16.8. The molecule has 0 aliphatic heterocycles. The Morgan fingerprint density at radius 1 is 1.33 bits per heavy atom. The molecule has 1 aromatic carbocycles. The molecule has 1 amide bonds. The maximum absolute atomic E-state index is 11.7. The van der Waals surface area contributed by atoms with Crippen LogP contribution in [0.3, 0.4) is 0 Å². The Balaban J connectivity index is 1.40. The van der Waals surface area contributed by atoms with Crippen molar-refractivity contribution in [3.63, 3.8) is 0 Å². The van der Waals surface area contributed by atoms with Crippen molar-refractivity contribution >= 4 is 5.91 Å². The maximum atomic E-state index is 11.7. The molecule has 0 spiro atoms. The van der Waals surface area contributed by atoms with E-state index in [1.54, 1.807) is 23.9 Å². The van der Waals surface area contributed by atoms with Crippen molar-refractivity contribution < 1.29 is 14.1 Å². The molecule has 3 rings (SSSR count). The summed E-state index contributed by atoms with van der Waals surface area (Å²) in [6.45, 7) is 2.23. The van der Waals surface area contributed by atoms with Crippen molar-refractivity contribution in [3.8, 4) is 11.6 Å². The van der Waals surface area contributed by atoms with Gasteiger partial charge in [-0.3, -0.25) is 4.79 Å². The molecular formula is C17H18N4O3. The minimum atomic E-state index is -0.191. The Labute approximate surface area is 139 Å². The number of amides is 1. The van der Waals surface area contributed by atoms with Crippen LogP contribution in [0.4, 0.5) is 0 Å². The molecule has 0 saturated carbocycles. The topological polar surface area (TPSA) is 82.2 Å². The normalized spacial score (nSPS) is 10.5. The first-order valence-electron chi connectivity index (χ1n) is 7.62. The van der Waals surface area contributed by atoms with E-state index in [-0.39, 0.29) is 12.5 Å². The molecule has 124 valence electrons. The Kier molecular flexibility index (Phi) is 4.90.